The van der Waals surface area contributed by atoms with Gasteiger partial charge in [0.1, 0.15) is 11.4 Å². The van der Waals surface area contributed by atoms with Crippen LogP contribution in [0, 0.1) is 0 Å². The van der Waals surface area contributed by atoms with Crippen LogP contribution in [-0.2, 0) is 16.1 Å². The number of methoxy groups -OCH3 is 2. The first kappa shape index (κ1) is 22.3. The summed E-state index contributed by atoms with van der Waals surface area (Å²) >= 11 is 9.01. The third kappa shape index (κ3) is 4.11. The van der Waals surface area contributed by atoms with E-state index in [9.17, 15) is 9.59 Å². The number of carbonyl (C=O) groups is 2. The molecule has 2 aromatic heterocycles. The van der Waals surface area contributed by atoms with E-state index in [1.165, 1.54) is 29.8 Å². The minimum atomic E-state index is -0.473. The molecule has 0 radical (unpaired) electrons. The minimum Gasteiger partial charge on any atom is -0.493 e. The number of thiazole rings is 1. The van der Waals surface area contributed by atoms with Crippen LogP contribution in [0.3, 0.4) is 0 Å². The summed E-state index contributed by atoms with van der Waals surface area (Å²) in [6.45, 7) is 1.89. The number of amides is 1. The second kappa shape index (κ2) is 9.32. The maximum atomic E-state index is 13.1. The van der Waals surface area contributed by atoms with E-state index < -0.39 is 11.9 Å². The van der Waals surface area contributed by atoms with Crippen LogP contribution in [0.2, 0.25) is 5.02 Å². The SMILES string of the molecule is CCOC(=O)Cn1c(=NC(=O)c2sc3ccccc3c2Cl)sc2cc(OC)c(OC)cc21. The molecule has 10 heteroatoms. The average Bonchev–Trinajstić information content (AvgIpc) is 3.30. The van der Waals surface area contributed by atoms with Gasteiger partial charge in [0.05, 0.1) is 36.1 Å². The Labute approximate surface area is 196 Å². The van der Waals surface area contributed by atoms with Gasteiger partial charge in [-0.05, 0) is 13.0 Å². The smallest absolute Gasteiger partial charge is 0.326 e. The molecule has 0 aliphatic heterocycles. The van der Waals surface area contributed by atoms with Crippen LogP contribution in [0.5, 0.6) is 11.5 Å². The Kier molecular flexibility index (Phi) is 6.50. The Morgan fingerprint density at radius 3 is 2.47 bits per heavy atom. The predicted octanol–water partition coefficient (Wildman–Crippen LogP) is 4.89. The van der Waals surface area contributed by atoms with Crippen LogP contribution < -0.4 is 14.3 Å². The van der Waals surface area contributed by atoms with Crippen molar-refractivity contribution >= 4 is 66.5 Å². The summed E-state index contributed by atoms with van der Waals surface area (Å²) < 4.78 is 19.2. The summed E-state index contributed by atoms with van der Waals surface area (Å²) in [5.74, 6) is 0.130. The molecule has 0 spiro atoms. The second-order valence-electron chi connectivity index (χ2n) is 6.61. The van der Waals surface area contributed by atoms with Crippen LogP contribution in [0.25, 0.3) is 20.3 Å². The summed E-state index contributed by atoms with van der Waals surface area (Å²) in [4.78, 5) is 30.4. The Morgan fingerprint density at radius 2 is 1.78 bits per heavy atom. The maximum absolute atomic E-state index is 13.1. The molecule has 1 amide bonds. The van der Waals surface area contributed by atoms with E-state index in [1.54, 1.807) is 30.7 Å². The molecule has 0 aliphatic carbocycles. The normalized spacial score (nSPS) is 11.8. The third-order valence-electron chi connectivity index (χ3n) is 4.71. The number of hydrogen-bond acceptors (Lipinski definition) is 7. The molecule has 166 valence electrons. The van der Waals surface area contributed by atoms with Crippen molar-refractivity contribution < 1.29 is 23.8 Å². The zero-order valence-electron chi connectivity index (χ0n) is 17.5. The quantitative estimate of drug-likeness (QED) is 0.359. The van der Waals surface area contributed by atoms with Gasteiger partial charge < -0.3 is 18.8 Å². The van der Waals surface area contributed by atoms with E-state index in [0.29, 0.717) is 31.7 Å². The Bertz CT molecular complexity index is 1400. The van der Waals surface area contributed by atoms with Crippen molar-refractivity contribution in [1.29, 1.82) is 0 Å². The number of carbonyl (C=O) groups excluding carboxylic acids is 2. The first-order valence-corrected chi connectivity index (χ1v) is 11.6. The van der Waals surface area contributed by atoms with E-state index in [2.05, 4.69) is 4.99 Å². The lowest BCUT2D eigenvalue weighted by atomic mass is 10.2. The van der Waals surface area contributed by atoms with Gasteiger partial charge in [-0.15, -0.1) is 11.3 Å². The Morgan fingerprint density at radius 1 is 1.06 bits per heavy atom. The number of benzene rings is 2. The highest BCUT2D eigenvalue weighted by Crippen LogP contribution is 2.36. The number of esters is 1. The summed E-state index contributed by atoms with van der Waals surface area (Å²) in [7, 11) is 3.08. The predicted molar refractivity (Wildman–Crippen MR) is 126 cm³/mol. The molecule has 0 saturated heterocycles. The van der Waals surface area contributed by atoms with Crippen LogP contribution in [-0.4, -0.2) is 37.3 Å². The fraction of sp³-hybridized carbons (Fsp3) is 0.227. The second-order valence-corrected chi connectivity index (χ2v) is 9.05. The van der Waals surface area contributed by atoms with Crippen LogP contribution in [0.15, 0.2) is 41.4 Å². The lowest BCUT2D eigenvalue weighted by Crippen LogP contribution is -2.23. The van der Waals surface area contributed by atoms with Gasteiger partial charge in [0.15, 0.2) is 16.3 Å². The summed E-state index contributed by atoms with van der Waals surface area (Å²) in [5.41, 5.74) is 0.676. The number of thiophene rings is 1. The van der Waals surface area contributed by atoms with Crippen molar-refractivity contribution in [2.24, 2.45) is 4.99 Å². The number of rotatable bonds is 6. The summed E-state index contributed by atoms with van der Waals surface area (Å²) in [6.07, 6.45) is 0. The van der Waals surface area contributed by atoms with E-state index in [-0.39, 0.29) is 13.2 Å². The molecule has 7 nitrogen and oxygen atoms in total. The zero-order chi connectivity index (χ0) is 22.8. The molecule has 0 bridgehead atoms. The number of fused-ring (bicyclic) bond motifs is 2. The van der Waals surface area contributed by atoms with E-state index in [4.69, 9.17) is 25.8 Å². The van der Waals surface area contributed by atoms with Crippen LogP contribution >= 0.6 is 34.3 Å². The molecule has 0 unspecified atom stereocenters. The maximum Gasteiger partial charge on any atom is 0.326 e. The molecule has 2 heterocycles. The van der Waals surface area contributed by atoms with E-state index in [0.717, 1.165) is 14.8 Å². The van der Waals surface area contributed by atoms with Crippen molar-refractivity contribution in [1.82, 2.24) is 4.57 Å². The molecule has 0 fully saturated rings. The summed E-state index contributed by atoms with van der Waals surface area (Å²) in [5, 5.41) is 1.18. The van der Waals surface area contributed by atoms with Gasteiger partial charge in [0.25, 0.3) is 5.91 Å². The van der Waals surface area contributed by atoms with Gasteiger partial charge in [0, 0.05) is 22.2 Å². The van der Waals surface area contributed by atoms with E-state index >= 15 is 0 Å². The first-order valence-electron chi connectivity index (χ1n) is 9.63. The van der Waals surface area contributed by atoms with Crippen LogP contribution in [0.1, 0.15) is 16.6 Å². The van der Waals surface area contributed by atoms with Crippen molar-refractivity contribution in [3.8, 4) is 11.5 Å². The lowest BCUT2D eigenvalue weighted by Gasteiger charge is -2.09. The van der Waals surface area contributed by atoms with Crippen LogP contribution in [0.4, 0.5) is 0 Å². The minimum absolute atomic E-state index is 0.102. The molecule has 0 N–H and O–H groups in total. The van der Waals surface area contributed by atoms with Crippen molar-refractivity contribution in [2.45, 2.75) is 13.5 Å². The molecule has 2 aromatic carbocycles. The molecule has 0 saturated carbocycles. The number of nitrogens with zero attached hydrogens (tertiary/aromatic N) is 2. The average molecular weight is 491 g/mol. The highest BCUT2D eigenvalue weighted by Gasteiger charge is 2.19. The molecule has 4 aromatic rings. The van der Waals surface area contributed by atoms with Gasteiger partial charge in [-0.2, -0.15) is 4.99 Å². The number of halogens is 1. The van der Waals surface area contributed by atoms with Gasteiger partial charge in [0.2, 0.25) is 0 Å². The number of hydrogen-bond donors (Lipinski definition) is 0. The topological polar surface area (TPSA) is 79.1 Å². The van der Waals surface area contributed by atoms with Crippen molar-refractivity contribution in [2.75, 3.05) is 20.8 Å². The summed E-state index contributed by atoms with van der Waals surface area (Å²) in [6, 6.07) is 11.1. The van der Waals surface area contributed by atoms with Crippen molar-refractivity contribution in [3.63, 3.8) is 0 Å². The van der Waals surface area contributed by atoms with E-state index in [1.807, 2.05) is 24.3 Å². The highest BCUT2D eigenvalue weighted by atomic mass is 35.5. The lowest BCUT2D eigenvalue weighted by molar-refractivity contribution is -0.143. The molecule has 0 aliphatic rings. The van der Waals surface area contributed by atoms with Crippen molar-refractivity contribution in [3.05, 3.63) is 51.1 Å². The Hall–Kier alpha value is -2.88. The fourth-order valence-electron chi connectivity index (χ4n) is 3.26. The van der Waals surface area contributed by atoms with Gasteiger partial charge in [-0.3, -0.25) is 9.59 Å². The Balaban J connectivity index is 1.88. The van der Waals surface area contributed by atoms with Gasteiger partial charge >= 0.3 is 5.97 Å². The zero-order valence-corrected chi connectivity index (χ0v) is 19.9. The highest BCUT2D eigenvalue weighted by molar-refractivity contribution is 7.21. The molecule has 4 rings (SSSR count). The third-order valence-corrected chi connectivity index (χ3v) is 7.41. The number of aromatic nitrogens is 1. The fourth-order valence-corrected chi connectivity index (χ4v) is 5.69. The molecule has 0 atom stereocenters. The van der Waals surface area contributed by atoms with Gasteiger partial charge in [-0.25, -0.2) is 0 Å². The number of ether oxygens (including phenoxy) is 3. The molecular formula is C22H19ClN2O5S2. The monoisotopic (exact) mass is 490 g/mol. The van der Waals surface area contributed by atoms with Gasteiger partial charge in [-0.1, -0.05) is 41.1 Å². The molecular weight excluding hydrogens is 472 g/mol. The largest absolute Gasteiger partial charge is 0.493 e. The standard InChI is InChI=1S/C22H19ClN2O5S2/c1-4-30-18(26)11-25-13-9-14(28-2)15(29-3)10-17(13)32-22(25)24-21(27)20-19(23)12-7-5-6-8-16(12)31-20/h5-10H,4,11H2,1-3H3. The first-order chi connectivity index (χ1) is 15.5. The molecule has 32 heavy (non-hydrogen) atoms.